The maximum Gasteiger partial charge on any atom is 0.322 e. The summed E-state index contributed by atoms with van der Waals surface area (Å²) >= 11 is 5.86. The van der Waals surface area contributed by atoms with Gasteiger partial charge in [-0.2, -0.15) is 0 Å². The molecule has 1 aromatic rings. The van der Waals surface area contributed by atoms with E-state index in [2.05, 4.69) is 10.6 Å². The van der Waals surface area contributed by atoms with Crippen LogP contribution in [-0.2, 0) is 4.79 Å². The van der Waals surface area contributed by atoms with Crippen LogP contribution in [0.3, 0.4) is 0 Å². The molecule has 0 saturated carbocycles. The molecule has 78 valence electrons. The molecule has 0 aliphatic carbocycles. The molecule has 1 aromatic carbocycles. The molecule has 1 unspecified atom stereocenters. The van der Waals surface area contributed by atoms with Crippen LogP contribution in [0.2, 0.25) is 5.02 Å². The molecule has 0 spiro atoms. The molecule has 3 amide bonds. The number of hydrogen-bond donors (Lipinski definition) is 2. The van der Waals surface area contributed by atoms with Crippen LogP contribution in [0.25, 0.3) is 0 Å². The van der Waals surface area contributed by atoms with Crippen molar-refractivity contribution >= 4 is 23.5 Å². The molecule has 15 heavy (non-hydrogen) atoms. The van der Waals surface area contributed by atoms with E-state index >= 15 is 0 Å². The Morgan fingerprint density at radius 1 is 1.33 bits per heavy atom. The van der Waals surface area contributed by atoms with Crippen molar-refractivity contribution in [3.63, 3.8) is 0 Å². The summed E-state index contributed by atoms with van der Waals surface area (Å²) in [5.41, 5.74) is 1.61. The third-order valence-corrected chi connectivity index (χ3v) is 2.71. The fourth-order valence-corrected chi connectivity index (χ4v) is 1.62. The van der Waals surface area contributed by atoms with Crippen molar-refractivity contribution in [1.82, 2.24) is 10.6 Å². The van der Waals surface area contributed by atoms with Crippen LogP contribution in [0.1, 0.15) is 17.2 Å². The summed E-state index contributed by atoms with van der Waals surface area (Å²) in [6.45, 7) is 1.85. The maximum atomic E-state index is 11.4. The first-order valence-electron chi connectivity index (χ1n) is 4.45. The first-order valence-corrected chi connectivity index (χ1v) is 4.83. The van der Waals surface area contributed by atoms with E-state index in [1.807, 2.05) is 6.92 Å². The highest BCUT2D eigenvalue weighted by atomic mass is 35.5. The smallest absolute Gasteiger partial charge is 0.322 e. The molecule has 1 aliphatic heterocycles. The van der Waals surface area contributed by atoms with Gasteiger partial charge in [0.25, 0.3) is 5.91 Å². The molecule has 0 aromatic heterocycles. The van der Waals surface area contributed by atoms with E-state index in [9.17, 15) is 9.59 Å². The van der Waals surface area contributed by atoms with Gasteiger partial charge in [0.1, 0.15) is 6.04 Å². The Labute approximate surface area is 91.6 Å². The lowest BCUT2D eigenvalue weighted by Crippen LogP contribution is -2.22. The van der Waals surface area contributed by atoms with Crippen LogP contribution in [-0.4, -0.2) is 11.9 Å². The predicted molar refractivity (Wildman–Crippen MR) is 55.6 cm³/mol. The third-order valence-electron chi connectivity index (χ3n) is 2.29. The normalized spacial score (nSPS) is 20.0. The van der Waals surface area contributed by atoms with Crippen LogP contribution in [0.15, 0.2) is 18.2 Å². The van der Waals surface area contributed by atoms with Crippen molar-refractivity contribution in [1.29, 1.82) is 0 Å². The third kappa shape index (κ3) is 1.80. The fourth-order valence-electron chi connectivity index (χ4n) is 1.50. The highest BCUT2D eigenvalue weighted by Crippen LogP contribution is 2.22. The highest BCUT2D eigenvalue weighted by molar-refractivity contribution is 6.31. The second-order valence-corrected chi connectivity index (χ2v) is 3.81. The number of aryl methyl sites for hydroxylation is 1. The Morgan fingerprint density at radius 2 is 2.07 bits per heavy atom. The molecule has 1 saturated heterocycles. The summed E-state index contributed by atoms with van der Waals surface area (Å²) in [7, 11) is 0. The van der Waals surface area contributed by atoms with E-state index in [-0.39, 0.29) is 5.91 Å². The molecule has 0 bridgehead atoms. The minimum atomic E-state index is -0.603. The van der Waals surface area contributed by atoms with Gasteiger partial charge in [0.05, 0.1) is 0 Å². The van der Waals surface area contributed by atoms with Crippen LogP contribution in [0.4, 0.5) is 4.79 Å². The Balaban J connectivity index is 2.34. The standard InChI is InChI=1S/C10H9ClN2O2/c1-5-4-6(2-3-7(5)11)8-9(14)13-10(15)12-8/h2-4,8H,1H3,(H2,12,13,14,15). The summed E-state index contributed by atoms with van der Waals surface area (Å²) in [4.78, 5) is 22.3. The molecule has 2 rings (SSSR count). The SMILES string of the molecule is Cc1cc(C2NC(=O)NC2=O)ccc1Cl. The van der Waals surface area contributed by atoms with Crippen molar-refractivity contribution in [2.45, 2.75) is 13.0 Å². The van der Waals surface area contributed by atoms with Gasteiger partial charge in [-0.1, -0.05) is 23.7 Å². The van der Waals surface area contributed by atoms with Gasteiger partial charge in [-0.05, 0) is 24.1 Å². The van der Waals surface area contributed by atoms with E-state index in [1.165, 1.54) is 0 Å². The van der Waals surface area contributed by atoms with E-state index in [0.29, 0.717) is 5.02 Å². The Hall–Kier alpha value is -1.55. The number of halogens is 1. The second kappa shape index (κ2) is 3.55. The number of hydrogen-bond acceptors (Lipinski definition) is 2. The van der Waals surface area contributed by atoms with Crippen LogP contribution < -0.4 is 10.6 Å². The van der Waals surface area contributed by atoms with Crippen LogP contribution >= 0.6 is 11.6 Å². The number of rotatable bonds is 1. The number of imide groups is 1. The minimum Gasteiger partial charge on any atom is -0.322 e. The van der Waals surface area contributed by atoms with E-state index in [0.717, 1.165) is 11.1 Å². The van der Waals surface area contributed by atoms with Crippen molar-refractivity contribution in [2.24, 2.45) is 0 Å². The summed E-state index contributed by atoms with van der Waals surface area (Å²) < 4.78 is 0. The number of benzene rings is 1. The predicted octanol–water partition coefficient (Wildman–Crippen LogP) is 1.53. The highest BCUT2D eigenvalue weighted by Gasteiger charge is 2.30. The number of nitrogens with one attached hydrogen (secondary N) is 2. The lowest BCUT2D eigenvalue weighted by Gasteiger charge is -2.08. The van der Waals surface area contributed by atoms with Gasteiger partial charge in [0.15, 0.2) is 0 Å². The Kier molecular flexibility index (Phi) is 2.36. The van der Waals surface area contributed by atoms with Gasteiger partial charge < -0.3 is 5.32 Å². The molecule has 0 radical (unpaired) electrons. The van der Waals surface area contributed by atoms with Gasteiger partial charge in [-0.25, -0.2) is 4.79 Å². The van der Waals surface area contributed by atoms with Crippen molar-refractivity contribution in [3.05, 3.63) is 34.3 Å². The summed E-state index contributed by atoms with van der Waals surface area (Å²) in [6, 6.07) is 4.17. The quantitative estimate of drug-likeness (QED) is 0.711. The van der Waals surface area contributed by atoms with Gasteiger partial charge in [0.2, 0.25) is 0 Å². The first kappa shape index (κ1) is 9.98. The lowest BCUT2D eigenvalue weighted by molar-refractivity contribution is -0.120. The molecule has 5 heteroatoms. The Morgan fingerprint density at radius 3 is 2.60 bits per heavy atom. The number of carbonyl (C=O) groups excluding carboxylic acids is 2. The van der Waals surface area contributed by atoms with Crippen molar-refractivity contribution in [2.75, 3.05) is 0 Å². The average Bonchev–Trinajstić information content (AvgIpc) is 2.50. The minimum absolute atomic E-state index is 0.332. The van der Waals surface area contributed by atoms with Gasteiger partial charge >= 0.3 is 6.03 Å². The number of carbonyl (C=O) groups is 2. The molecule has 2 N–H and O–H groups in total. The van der Waals surface area contributed by atoms with Gasteiger partial charge in [-0.15, -0.1) is 0 Å². The molecule has 4 nitrogen and oxygen atoms in total. The fraction of sp³-hybridized carbons (Fsp3) is 0.200. The van der Waals surface area contributed by atoms with Crippen molar-refractivity contribution < 1.29 is 9.59 Å². The average molecular weight is 225 g/mol. The van der Waals surface area contributed by atoms with E-state index < -0.39 is 12.1 Å². The first-order chi connectivity index (χ1) is 7.08. The van der Waals surface area contributed by atoms with Crippen LogP contribution in [0, 0.1) is 6.92 Å². The number of urea groups is 1. The maximum absolute atomic E-state index is 11.4. The van der Waals surface area contributed by atoms with E-state index in [1.54, 1.807) is 18.2 Å². The molecular formula is C10H9ClN2O2. The summed E-state index contributed by atoms with van der Waals surface area (Å²) in [5.74, 6) is -0.332. The number of amides is 3. The zero-order valence-corrected chi connectivity index (χ0v) is 8.76. The molecule has 1 fully saturated rings. The van der Waals surface area contributed by atoms with Crippen molar-refractivity contribution in [3.8, 4) is 0 Å². The zero-order valence-electron chi connectivity index (χ0n) is 8.00. The van der Waals surface area contributed by atoms with Crippen LogP contribution in [0.5, 0.6) is 0 Å². The monoisotopic (exact) mass is 224 g/mol. The Bertz CT molecular complexity index is 445. The molecule has 1 heterocycles. The molecular weight excluding hydrogens is 216 g/mol. The lowest BCUT2D eigenvalue weighted by atomic mass is 10.0. The second-order valence-electron chi connectivity index (χ2n) is 3.40. The molecule has 1 aliphatic rings. The summed E-state index contributed by atoms with van der Waals surface area (Å²) in [6.07, 6.45) is 0. The van der Waals surface area contributed by atoms with E-state index in [4.69, 9.17) is 11.6 Å². The zero-order chi connectivity index (χ0) is 11.0. The molecule has 1 atom stereocenters. The summed E-state index contributed by atoms with van der Waals surface area (Å²) in [5, 5.41) is 5.34. The van der Waals surface area contributed by atoms with Gasteiger partial charge in [-0.3, -0.25) is 10.1 Å². The largest absolute Gasteiger partial charge is 0.322 e. The topological polar surface area (TPSA) is 58.2 Å². The van der Waals surface area contributed by atoms with Gasteiger partial charge in [0, 0.05) is 5.02 Å².